The van der Waals surface area contributed by atoms with Crippen LogP contribution in [-0.4, -0.2) is 15.1 Å². The van der Waals surface area contributed by atoms with Gasteiger partial charge < -0.3 is 5.73 Å². The number of fused-ring (bicyclic) bond motifs is 2. The van der Waals surface area contributed by atoms with Crippen LogP contribution in [0, 0.1) is 6.92 Å². The smallest absolute Gasteiger partial charge is 0.283 e. The Morgan fingerprint density at radius 3 is 2.96 bits per heavy atom. The van der Waals surface area contributed by atoms with E-state index >= 15 is 0 Å². The summed E-state index contributed by atoms with van der Waals surface area (Å²) in [6.07, 6.45) is 3.62. The second-order valence-corrected chi connectivity index (χ2v) is 6.42. The summed E-state index contributed by atoms with van der Waals surface area (Å²) in [5.74, 6) is 0.405. The summed E-state index contributed by atoms with van der Waals surface area (Å²) >= 11 is 1.39. The lowest BCUT2D eigenvalue weighted by molar-refractivity contribution is 1.11. The zero-order valence-electron chi connectivity index (χ0n) is 12.7. The fourth-order valence-electron chi connectivity index (χ4n) is 2.78. The monoisotopic (exact) mass is 322 g/mol. The van der Waals surface area contributed by atoms with Gasteiger partial charge in [0.2, 0.25) is 0 Å². The number of benzene rings is 1. The number of thiazole rings is 1. The van der Waals surface area contributed by atoms with Gasteiger partial charge in [0.15, 0.2) is 4.96 Å². The number of hydrogen-bond acceptors (Lipinski definition) is 5. The normalized spacial score (nSPS) is 15.2. The fraction of sp³-hybridized carbons (Fsp3) is 0.118. The maximum Gasteiger partial charge on any atom is 0.283 e. The Hall–Kier alpha value is -2.73. The minimum absolute atomic E-state index is 0.314. The summed E-state index contributed by atoms with van der Waals surface area (Å²) in [6.45, 7) is 3.97. The third kappa shape index (κ3) is 2.10. The molecule has 0 radical (unpaired) electrons. The highest BCUT2D eigenvalue weighted by atomic mass is 32.1. The largest absolute Gasteiger partial charge is 0.384 e. The molecule has 5 nitrogen and oxygen atoms in total. The van der Waals surface area contributed by atoms with Gasteiger partial charge in [-0.2, -0.15) is 4.98 Å². The molecular formula is C17H14N4OS. The van der Waals surface area contributed by atoms with Crippen molar-refractivity contribution in [1.29, 1.82) is 0 Å². The topological polar surface area (TPSA) is 72.8 Å². The van der Waals surface area contributed by atoms with E-state index in [0.29, 0.717) is 16.3 Å². The van der Waals surface area contributed by atoms with Crippen LogP contribution < -0.4 is 11.3 Å². The first-order valence-electron chi connectivity index (χ1n) is 7.18. The van der Waals surface area contributed by atoms with Gasteiger partial charge in [0.1, 0.15) is 5.82 Å². The van der Waals surface area contributed by atoms with Crippen molar-refractivity contribution in [3.63, 3.8) is 0 Å². The first kappa shape index (κ1) is 13.9. The Balaban J connectivity index is 1.97. The predicted octanol–water partition coefficient (Wildman–Crippen LogP) is 3.29. The van der Waals surface area contributed by atoms with Crippen molar-refractivity contribution in [1.82, 2.24) is 9.38 Å². The maximum absolute atomic E-state index is 12.3. The summed E-state index contributed by atoms with van der Waals surface area (Å²) < 4.78 is 1.73. The van der Waals surface area contributed by atoms with Crippen molar-refractivity contribution in [2.75, 3.05) is 5.73 Å². The summed E-state index contributed by atoms with van der Waals surface area (Å²) in [5.41, 5.74) is 11.2. The lowest BCUT2D eigenvalue weighted by atomic mass is 9.99. The van der Waals surface area contributed by atoms with Gasteiger partial charge in [0.05, 0.1) is 11.3 Å². The van der Waals surface area contributed by atoms with Crippen LogP contribution in [0.25, 0.3) is 16.6 Å². The van der Waals surface area contributed by atoms with E-state index in [1.807, 2.05) is 37.6 Å². The maximum atomic E-state index is 12.3. The van der Waals surface area contributed by atoms with Crippen molar-refractivity contribution in [2.24, 2.45) is 4.99 Å². The van der Waals surface area contributed by atoms with Gasteiger partial charge >= 0.3 is 0 Å². The quantitative estimate of drug-likeness (QED) is 0.747. The van der Waals surface area contributed by atoms with Crippen LogP contribution in [-0.2, 0) is 0 Å². The van der Waals surface area contributed by atoms with Crippen molar-refractivity contribution in [3.05, 3.63) is 56.8 Å². The molecule has 2 aromatic heterocycles. The lowest BCUT2D eigenvalue weighted by Crippen LogP contribution is -2.16. The average molecular weight is 322 g/mol. The molecule has 0 unspecified atom stereocenters. The van der Waals surface area contributed by atoms with Gasteiger partial charge in [0.25, 0.3) is 5.56 Å². The molecule has 0 spiro atoms. The summed E-state index contributed by atoms with van der Waals surface area (Å²) in [5, 5.41) is 1.86. The standard InChI is InChI=1S/C17H14N4OS/c1-9-3-4-14-12(7-9)11(10(2)19-14)8-13-15(18)21-5-6-23-17(21)20-16(13)22/h3-8H,18H2,1-2H3. The van der Waals surface area contributed by atoms with Gasteiger partial charge in [-0.1, -0.05) is 11.6 Å². The van der Waals surface area contributed by atoms with Gasteiger partial charge in [-0.15, -0.1) is 11.3 Å². The van der Waals surface area contributed by atoms with E-state index in [-0.39, 0.29) is 5.56 Å². The third-order valence-electron chi connectivity index (χ3n) is 3.96. The molecule has 23 heavy (non-hydrogen) atoms. The highest BCUT2D eigenvalue weighted by Gasteiger charge is 2.19. The molecular weight excluding hydrogens is 308 g/mol. The molecule has 0 aliphatic carbocycles. The van der Waals surface area contributed by atoms with E-state index in [0.717, 1.165) is 28.1 Å². The highest BCUT2D eigenvalue weighted by molar-refractivity contribution is 7.15. The molecule has 6 heteroatoms. The van der Waals surface area contributed by atoms with Crippen molar-refractivity contribution in [3.8, 4) is 0 Å². The number of nitrogen functional groups attached to an aromatic ring is 1. The van der Waals surface area contributed by atoms with Gasteiger partial charge in [0, 0.05) is 28.4 Å². The van der Waals surface area contributed by atoms with E-state index < -0.39 is 0 Å². The molecule has 0 saturated heterocycles. The van der Waals surface area contributed by atoms with Crippen LogP contribution in [0.15, 0.2) is 39.6 Å². The van der Waals surface area contributed by atoms with Crippen LogP contribution in [0.5, 0.6) is 0 Å². The molecule has 1 aliphatic heterocycles. The predicted molar refractivity (Wildman–Crippen MR) is 95.6 cm³/mol. The molecule has 3 heterocycles. The fourth-order valence-corrected chi connectivity index (χ4v) is 3.50. The Bertz CT molecular complexity index is 1070. The molecule has 0 fully saturated rings. The van der Waals surface area contributed by atoms with E-state index in [1.54, 1.807) is 10.5 Å². The second-order valence-electron chi connectivity index (χ2n) is 5.55. The number of aryl methyl sites for hydroxylation is 1. The Morgan fingerprint density at radius 1 is 1.30 bits per heavy atom. The molecule has 3 aromatic rings. The summed E-state index contributed by atoms with van der Waals surface area (Å²) in [4.78, 5) is 21.6. The van der Waals surface area contributed by atoms with Gasteiger partial charge in [-0.05, 0) is 32.1 Å². The SMILES string of the molecule is CC1=Nc2ccc(C)cc2C1=Cc1c(N)n2ccsc2nc1=O. The lowest BCUT2D eigenvalue weighted by Gasteiger charge is -2.06. The number of aliphatic imine (C=N–C) groups is 1. The van der Waals surface area contributed by atoms with Gasteiger partial charge in [-0.3, -0.25) is 14.2 Å². The van der Waals surface area contributed by atoms with Crippen molar-refractivity contribution in [2.45, 2.75) is 13.8 Å². The van der Waals surface area contributed by atoms with Crippen LogP contribution in [0.1, 0.15) is 23.6 Å². The number of hydrogen-bond donors (Lipinski definition) is 1. The average Bonchev–Trinajstić information content (AvgIpc) is 3.08. The molecule has 114 valence electrons. The Kier molecular flexibility index (Phi) is 2.96. The van der Waals surface area contributed by atoms with E-state index in [9.17, 15) is 4.79 Å². The van der Waals surface area contributed by atoms with Crippen LogP contribution >= 0.6 is 11.3 Å². The minimum atomic E-state index is -0.314. The van der Waals surface area contributed by atoms with Crippen LogP contribution in [0.4, 0.5) is 11.5 Å². The number of aromatic nitrogens is 2. The van der Waals surface area contributed by atoms with E-state index in [4.69, 9.17) is 5.73 Å². The molecule has 1 aromatic carbocycles. The first-order valence-corrected chi connectivity index (χ1v) is 8.06. The number of nitrogens with zero attached hydrogens (tertiary/aromatic N) is 3. The zero-order valence-corrected chi connectivity index (χ0v) is 13.5. The number of anilines is 1. The van der Waals surface area contributed by atoms with Gasteiger partial charge in [-0.25, -0.2) is 0 Å². The van der Waals surface area contributed by atoms with Crippen LogP contribution in [0.3, 0.4) is 0 Å². The third-order valence-corrected chi connectivity index (χ3v) is 4.72. The highest BCUT2D eigenvalue weighted by Crippen LogP contribution is 2.36. The summed E-state index contributed by atoms with van der Waals surface area (Å²) in [6, 6.07) is 6.10. The van der Waals surface area contributed by atoms with E-state index in [1.165, 1.54) is 11.3 Å². The Labute approximate surface area is 136 Å². The molecule has 1 aliphatic rings. The zero-order chi connectivity index (χ0) is 16.1. The molecule has 0 bridgehead atoms. The van der Waals surface area contributed by atoms with Crippen LogP contribution in [0.2, 0.25) is 0 Å². The number of nitrogens with two attached hydrogens (primary N) is 1. The van der Waals surface area contributed by atoms with E-state index in [2.05, 4.69) is 16.0 Å². The van der Waals surface area contributed by atoms with Crippen molar-refractivity contribution >= 4 is 45.2 Å². The Morgan fingerprint density at radius 2 is 2.13 bits per heavy atom. The molecule has 2 N–H and O–H groups in total. The molecule has 4 rings (SSSR count). The first-order chi connectivity index (χ1) is 11.0. The summed E-state index contributed by atoms with van der Waals surface area (Å²) in [7, 11) is 0. The second kappa shape index (κ2) is 4.89. The number of allylic oxidation sites excluding steroid dienone is 1. The molecule has 0 saturated carbocycles. The molecule has 0 atom stereocenters. The molecule has 0 amide bonds. The van der Waals surface area contributed by atoms with Crippen molar-refractivity contribution < 1.29 is 0 Å². The number of rotatable bonds is 1. The minimum Gasteiger partial charge on any atom is -0.384 e.